The Morgan fingerprint density at radius 1 is 0.980 bits per heavy atom. The summed E-state index contributed by atoms with van der Waals surface area (Å²) in [6.07, 6.45) is -1.96. The number of rotatable bonds is 13. The molecule has 1 aliphatic rings. The highest BCUT2D eigenvalue weighted by Crippen LogP contribution is 2.42. The first-order valence-corrected chi connectivity index (χ1v) is 17.0. The number of anilines is 1. The van der Waals surface area contributed by atoms with Crippen molar-refractivity contribution in [2.24, 2.45) is 16.6 Å². The van der Waals surface area contributed by atoms with Crippen LogP contribution in [0, 0.1) is 5.92 Å². The SMILES string of the molecule is CC(=O)N([C@@H](Cc1ccc(O)cc1)C(=O)N[C@@H]1N=C(c2ccccc2)c2ccccc2N(CC(=O)C(=O)[C@@H](N)CC(C)C)C1=O)P(=O)(O)O. The molecule has 3 aromatic rings. The van der Waals surface area contributed by atoms with E-state index in [1.54, 1.807) is 54.6 Å². The van der Waals surface area contributed by atoms with Crippen molar-refractivity contribution in [2.45, 2.75) is 51.9 Å². The maximum atomic E-state index is 14.3. The summed E-state index contributed by atoms with van der Waals surface area (Å²) in [6, 6.07) is 17.6. The second kappa shape index (κ2) is 15.5. The maximum absolute atomic E-state index is 14.3. The van der Waals surface area contributed by atoms with Gasteiger partial charge in [0, 0.05) is 24.5 Å². The highest BCUT2D eigenvalue weighted by atomic mass is 31.2. The summed E-state index contributed by atoms with van der Waals surface area (Å²) in [5.74, 6) is -5.10. The monoisotopic (exact) mass is 691 g/mol. The summed E-state index contributed by atoms with van der Waals surface area (Å²) in [5.41, 5.74) is 7.71. The molecule has 14 nitrogen and oxygen atoms in total. The minimum atomic E-state index is -5.39. The molecule has 3 aromatic carbocycles. The van der Waals surface area contributed by atoms with E-state index in [1.165, 1.54) is 24.3 Å². The Bertz CT molecular complexity index is 1810. The largest absolute Gasteiger partial charge is 0.508 e. The molecule has 1 heterocycles. The van der Waals surface area contributed by atoms with Crippen LogP contribution in [0.5, 0.6) is 5.75 Å². The summed E-state index contributed by atoms with van der Waals surface area (Å²) >= 11 is 0. The fourth-order valence-corrected chi connectivity index (χ4v) is 6.43. The zero-order valence-electron chi connectivity index (χ0n) is 27.1. The lowest BCUT2D eigenvalue weighted by Crippen LogP contribution is -2.55. The molecule has 49 heavy (non-hydrogen) atoms. The van der Waals surface area contributed by atoms with E-state index in [1.807, 2.05) is 13.8 Å². The molecule has 0 aromatic heterocycles. The van der Waals surface area contributed by atoms with Crippen LogP contribution in [0.25, 0.3) is 0 Å². The molecule has 258 valence electrons. The van der Waals surface area contributed by atoms with Crippen molar-refractivity contribution in [1.82, 2.24) is 9.99 Å². The normalized spacial score (nSPS) is 15.8. The van der Waals surface area contributed by atoms with E-state index < -0.39 is 68.2 Å². The number of phenolic OH excluding ortho intramolecular Hbond substituents is 1. The van der Waals surface area contributed by atoms with Crippen molar-refractivity contribution in [3.05, 3.63) is 95.6 Å². The van der Waals surface area contributed by atoms with Crippen LogP contribution in [0.1, 0.15) is 43.9 Å². The van der Waals surface area contributed by atoms with E-state index >= 15 is 0 Å². The number of benzene rings is 3. The van der Waals surface area contributed by atoms with Crippen LogP contribution in [-0.2, 0) is 35.0 Å². The van der Waals surface area contributed by atoms with E-state index in [2.05, 4.69) is 10.3 Å². The summed E-state index contributed by atoms with van der Waals surface area (Å²) in [6.45, 7) is 3.83. The van der Waals surface area contributed by atoms with Crippen molar-refractivity contribution in [3.63, 3.8) is 0 Å². The van der Waals surface area contributed by atoms with Gasteiger partial charge in [0.2, 0.25) is 29.5 Å². The lowest BCUT2D eigenvalue weighted by atomic mass is 9.98. The number of amides is 3. The van der Waals surface area contributed by atoms with Crippen LogP contribution < -0.4 is 16.0 Å². The number of phenols is 1. The summed E-state index contributed by atoms with van der Waals surface area (Å²) < 4.78 is 12.6. The average molecular weight is 692 g/mol. The topological polar surface area (TPSA) is 220 Å². The van der Waals surface area contributed by atoms with E-state index in [9.17, 15) is 43.4 Å². The first kappa shape index (κ1) is 36.8. The van der Waals surface area contributed by atoms with Crippen molar-refractivity contribution in [1.29, 1.82) is 0 Å². The third-order valence-corrected chi connectivity index (χ3v) is 8.86. The first-order valence-electron chi connectivity index (χ1n) is 15.4. The number of aromatic hydroxyl groups is 1. The standard InChI is InChI=1S/C34H38N5O9P/c1-20(2)17-26(35)31(43)29(42)19-38-27-12-8-7-11-25(27)30(23-9-5-4-6-10-23)36-32(34(38)45)37-33(44)28(39(21(3)40)49(46,47)48)18-22-13-15-24(41)16-14-22/h4-16,20,26,28,32,41H,17-19,35H2,1-3H3,(H,37,44)(H2,46,47,48)/t26-,28-,32-/m0/s1. The number of Topliss-reactive ketones (excluding diaryl/α,β-unsaturated/α-hetero) is 2. The van der Waals surface area contributed by atoms with Gasteiger partial charge in [-0.2, -0.15) is 0 Å². The minimum absolute atomic E-state index is 0.0194. The lowest BCUT2D eigenvalue weighted by molar-refractivity contribution is -0.137. The Hall–Kier alpha value is -5.01. The lowest BCUT2D eigenvalue weighted by Gasteiger charge is -2.31. The molecule has 0 radical (unpaired) electrons. The molecular weight excluding hydrogens is 653 g/mol. The molecule has 4 rings (SSSR count). The minimum Gasteiger partial charge on any atom is -0.508 e. The zero-order valence-corrected chi connectivity index (χ0v) is 28.0. The molecule has 0 fully saturated rings. The Kier molecular flexibility index (Phi) is 11.6. The number of carbonyl (C=O) groups is 5. The van der Waals surface area contributed by atoms with Crippen LogP contribution in [0.2, 0.25) is 0 Å². The van der Waals surface area contributed by atoms with Gasteiger partial charge in [-0.3, -0.25) is 24.0 Å². The van der Waals surface area contributed by atoms with Crippen molar-refractivity contribution in [2.75, 3.05) is 11.4 Å². The molecule has 15 heteroatoms. The van der Waals surface area contributed by atoms with Gasteiger partial charge in [0.05, 0.1) is 24.0 Å². The van der Waals surface area contributed by atoms with Crippen LogP contribution in [0.3, 0.4) is 0 Å². The smallest absolute Gasteiger partial charge is 0.433 e. The maximum Gasteiger partial charge on any atom is 0.433 e. The number of hydrogen-bond acceptors (Lipinski definition) is 9. The number of hydrogen-bond donors (Lipinski definition) is 5. The number of nitrogens with zero attached hydrogens (tertiary/aromatic N) is 3. The Labute approximate surface area is 282 Å². The van der Waals surface area contributed by atoms with Gasteiger partial charge in [-0.25, -0.2) is 14.2 Å². The van der Waals surface area contributed by atoms with Gasteiger partial charge < -0.3 is 30.8 Å². The fourth-order valence-electron chi connectivity index (χ4n) is 5.52. The van der Waals surface area contributed by atoms with Gasteiger partial charge in [-0.15, -0.1) is 0 Å². The van der Waals surface area contributed by atoms with Crippen LogP contribution >= 0.6 is 7.75 Å². The quantitative estimate of drug-likeness (QED) is 0.130. The molecule has 3 atom stereocenters. The Morgan fingerprint density at radius 3 is 2.18 bits per heavy atom. The summed E-state index contributed by atoms with van der Waals surface area (Å²) in [7, 11) is -5.39. The van der Waals surface area contributed by atoms with E-state index in [4.69, 9.17) is 5.73 Å². The Balaban J connectivity index is 1.81. The van der Waals surface area contributed by atoms with E-state index in [0.29, 0.717) is 16.7 Å². The third-order valence-electron chi connectivity index (χ3n) is 7.74. The molecule has 3 amide bonds. The number of fused-ring (bicyclic) bond motifs is 1. The number of aliphatic imine (C=N–C) groups is 1. The van der Waals surface area contributed by atoms with Gasteiger partial charge >= 0.3 is 7.75 Å². The number of ketones is 2. The second-order valence-corrected chi connectivity index (χ2v) is 13.4. The van der Waals surface area contributed by atoms with Crippen molar-refractivity contribution in [3.8, 4) is 5.75 Å². The Morgan fingerprint density at radius 2 is 1.59 bits per heavy atom. The molecule has 0 unspecified atom stereocenters. The number of nitrogens with two attached hydrogens (primary N) is 1. The number of nitrogens with one attached hydrogen (secondary N) is 1. The highest BCUT2D eigenvalue weighted by Gasteiger charge is 2.42. The van der Waals surface area contributed by atoms with Gasteiger partial charge in [-0.1, -0.05) is 74.5 Å². The number of carbonyl (C=O) groups excluding carboxylic acids is 5. The number of para-hydroxylation sites is 1. The fraction of sp³-hybridized carbons (Fsp3) is 0.294. The molecule has 0 saturated carbocycles. The first-order chi connectivity index (χ1) is 23.1. The predicted molar refractivity (Wildman–Crippen MR) is 180 cm³/mol. The third kappa shape index (κ3) is 8.92. The zero-order chi connectivity index (χ0) is 36.0. The van der Waals surface area contributed by atoms with Crippen LogP contribution in [-0.4, -0.2) is 79.4 Å². The molecule has 0 bridgehead atoms. The molecular formula is C34H38N5O9P. The van der Waals surface area contributed by atoms with Crippen LogP contribution in [0.4, 0.5) is 5.69 Å². The molecule has 0 spiro atoms. The summed E-state index contributed by atoms with van der Waals surface area (Å²) in [4.78, 5) is 93.0. The van der Waals surface area contributed by atoms with Gasteiger partial charge in [0.25, 0.3) is 5.91 Å². The number of benzodiazepines with no additional fused rings is 1. The summed E-state index contributed by atoms with van der Waals surface area (Å²) in [5, 5.41) is 12.1. The molecule has 1 aliphatic heterocycles. The average Bonchev–Trinajstić information content (AvgIpc) is 3.15. The van der Waals surface area contributed by atoms with Crippen molar-refractivity contribution >= 4 is 48.4 Å². The van der Waals surface area contributed by atoms with E-state index in [-0.39, 0.29) is 34.2 Å². The molecule has 0 saturated heterocycles. The second-order valence-electron chi connectivity index (χ2n) is 12.0. The van der Waals surface area contributed by atoms with Gasteiger partial charge in [0.1, 0.15) is 11.8 Å². The predicted octanol–water partition coefficient (Wildman–Crippen LogP) is 2.08. The molecule has 0 aliphatic carbocycles. The highest BCUT2D eigenvalue weighted by molar-refractivity contribution is 7.50. The van der Waals surface area contributed by atoms with Crippen molar-refractivity contribution < 1.29 is 43.4 Å². The van der Waals surface area contributed by atoms with Crippen LogP contribution in [0.15, 0.2) is 83.9 Å². The van der Waals surface area contributed by atoms with E-state index in [0.717, 1.165) is 11.8 Å². The van der Waals surface area contributed by atoms with Gasteiger partial charge in [0.15, 0.2) is 0 Å². The van der Waals surface area contributed by atoms with Gasteiger partial charge in [-0.05, 0) is 36.1 Å². The molecule has 6 N–H and O–H groups in total.